The number of carbonyl (C=O) groups excluding carboxylic acids is 1. The average molecular weight is 373 g/mol. The average Bonchev–Trinajstić information content (AvgIpc) is 2.76. The second-order valence-electron chi connectivity index (χ2n) is 6.82. The zero-order chi connectivity index (χ0) is 19.3. The van der Waals surface area contributed by atoms with Gasteiger partial charge in [0.25, 0.3) is 5.91 Å². The van der Waals surface area contributed by atoms with Gasteiger partial charge in [-0.05, 0) is 36.8 Å². The molecule has 2 heterocycles. The third kappa shape index (κ3) is 3.96. The molecule has 0 saturated carbocycles. The third-order valence-electron chi connectivity index (χ3n) is 4.95. The summed E-state index contributed by atoms with van der Waals surface area (Å²) >= 11 is 0. The van der Waals surface area contributed by atoms with Crippen LogP contribution in [0.5, 0.6) is 0 Å². The van der Waals surface area contributed by atoms with Crippen molar-refractivity contribution < 1.29 is 4.79 Å². The number of anilines is 3. The molecule has 0 unspecified atom stereocenters. The zero-order valence-electron chi connectivity index (χ0n) is 15.9. The molecule has 4 rings (SSSR count). The van der Waals surface area contributed by atoms with Gasteiger partial charge in [0.15, 0.2) is 0 Å². The minimum absolute atomic E-state index is 0.0528. The van der Waals surface area contributed by atoms with Gasteiger partial charge in [0, 0.05) is 43.8 Å². The lowest BCUT2D eigenvalue weighted by Crippen LogP contribution is -2.49. The first-order chi connectivity index (χ1) is 13.7. The molecule has 0 atom stereocenters. The van der Waals surface area contributed by atoms with Gasteiger partial charge in [0.1, 0.15) is 5.69 Å². The first-order valence-corrected chi connectivity index (χ1v) is 9.46. The first kappa shape index (κ1) is 18.0. The second-order valence-corrected chi connectivity index (χ2v) is 6.82. The number of nitrogens with zero attached hydrogens (tertiary/aromatic N) is 4. The molecule has 0 radical (unpaired) electrons. The van der Waals surface area contributed by atoms with E-state index in [0.29, 0.717) is 24.7 Å². The van der Waals surface area contributed by atoms with Crippen molar-refractivity contribution in [2.45, 2.75) is 6.92 Å². The van der Waals surface area contributed by atoms with Gasteiger partial charge in [-0.15, -0.1) is 0 Å². The Morgan fingerprint density at radius 3 is 2.39 bits per heavy atom. The van der Waals surface area contributed by atoms with Crippen molar-refractivity contribution in [3.05, 3.63) is 78.1 Å². The number of rotatable bonds is 4. The molecule has 6 nitrogen and oxygen atoms in total. The minimum atomic E-state index is -0.0528. The molecule has 1 aliphatic heterocycles. The van der Waals surface area contributed by atoms with Gasteiger partial charge < -0.3 is 15.1 Å². The maximum atomic E-state index is 12.9. The van der Waals surface area contributed by atoms with Crippen molar-refractivity contribution in [1.29, 1.82) is 0 Å². The summed E-state index contributed by atoms with van der Waals surface area (Å²) in [5.41, 5.74) is 3.64. The highest BCUT2D eigenvalue weighted by Gasteiger charge is 2.23. The van der Waals surface area contributed by atoms with E-state index in [-0.39, 0.29) is 5.91 Å². The number of benzene rings is 2. The summed E-state index contributed by atoms with van der Waals surface area (Å²) in [4.78, 5) is 25.8. The number of aryl methyl sites for hydroxylation is 1. The van der Waals surface area contributed by atoms with Crippen LogP contribution in [0.15, 0.2) is 66.9 Å². The summed E-state index contributed by atoms with van der Waals surface area (Å²) in [7, 11) is 0. The Bertz CT molecular complexity index is 952. The van der Waals surface area contributed by atoms with Crippen molar-refractivity contribution in [2.24, 2.45) is 0 Å². The molecule has 1 aliphatic rings. The molecule has 1 saturated heterocycles. The summed E-state index contributed by atoms with van der Waals surface area (Å²) in [6.45, 7) is 5.00. The van der Waals surface area contributed by atoms with Gasteiger partial charge in [-0.3, -0.25) is 4.79 Å². The molecule has 1 aromatic heterocycles. The van der Waals surface area contributed by atoms with E-state index in [1.165, 1.54) is 5.69 Å². The van der Waals surface area contributed by atoms with Crippen molar-refractivity contribution in [3.63, 3.8) is 0 Å². The Morgan fingerprint density at radius 1 is 0.929 bits per heavy atom. The number of hydrogen-bond acceptors (Lipinski definition) is 5. The number of piperazine rings is 1. The van der Waals surface area contributed by atoms with Gasteiger partial charge in [-0.2, -0.15) is 0 Å². The Labute approximate surface area is 164 Å². The van der Waals surface area contributed by atoms with E-state index in [2.05, 4.69) is 32.3 Å². The van der Waals surface area contributed by atoms with E-state index in [0.717, 1.165) is 24.3 Å². The molecular weight excluding hydrogens is 350 g/mol. The lowest BCUT2D eigenvalue weighted by molar-refractivity contribution is 0.0741. The normalized spacial score (nSPS) is 14.0. The lowest BCUT2D eigenvalue weighted by atomic mass is 10.2. The summed E-state index contributed by atoms with van der Waals surface area (Å²) in [5.74, 6) is 0.381. The molecule has 0 aliphatic carbocycles. The number of nitrogens with one attached hydrogen (secondary N) is 1. The number of hydrogen-bond donors (Lipinski definition) is 1. The molecular formula is C22H23N5O. The van der Waals surface area contributed by atoms with Gasteiger partial charge in [-0.25, -0.2) is 9.97 Å². The van der Waals surface area contributed by atoms with Crippen LogP contribution < -0.4 is 10.2 Å². The van der Waals surface area contributed by atoms with Gasteiger partial charge in [0.2, 0.25) is 5.95 Å². The topological polar surface area (TPSA) is 61.4 Å². The smallest absolute Gasteiger partial charge is 0.272 e. The van der Waals surface area contributed by atoms with Crippen LogP contribution in [0.1, 0.15) is 16.1 Å². The molecule has 28 heavy (non-hydrogen) atoms. The van der Waals surface area contributed by atoms with Crippen LogP contribution in [0.4, 0.5) is 17.3 Å². The Morgan fingerprint density at radius 2 is 1.64 bits per heavy atom. The summed E-state index contributed by atoms with van der Waals surface area (Å²) in [6, 6.07) is 19.9. The van der Waals surface area contributed by atoms with E-state index in [9.17, 15) is 4.79 Å². The van der Waals surface area contributed by atoms with Gasteiger partial charge in [0.05, 0.1) is 0 Å². The monoisotopic (exact) mass is 373 g/mol. The molecule has 6 heteroatoms. The zero-order valence-corrected chi connectivity index (χ0v) is 15.9. The number of amides is 1. The van der Waals surface area contributed by atoms with Crippen molar-refractivity contribution in [2.75, 3.05) is 36.4 Å². The van der Waals surface area contributed by atoms with Crippen molar-refractivity contribution in [3.8, 4) is 0 Å². The van der Waals surface area contributed by atoms with Crippen molar-refractivity contribution >= 4 is 23.2 Å². The van der Waals surface area contributed by atoms with Gasteiger partial charge >= 0.3 is 0 Å². The van der Waals surface area contributed by atoms with Crippen LogP contribution in [0.25, 0.3) is 0 Å². The summed E-state index contributed by atoms with van der Waals surface area (Å²) in [6.07, 6.45) is 1.63. The molecule has 0 spiro atoms. The van der Waals surface area contributed by atoms with E-state index in [1.54, 1.807) is 12.3 Å². The largest absolute Gasteiger partial charge is 0.368 e. The molecule has 1 N–H and O–H groups in total. The Kier molecular flexibility index (Phi) is 5.19. The summed E-state index contributed by atoms with van der Waals surface area (Å²) in [5, 5.41) is 3.20. The van der Waals surface area contributed by atoms with Crippen LogP contribution in [-0.2, 0) is 0 Å². The van der Waals surface area contributed by atoms with Crippen LogP contribution in [-0.4, -0.2) is 47.0 Å². The minimum Gasteiger partial charge on any atom is -0.368 e. The standard InChI is InChI=1S/C22H23N5O/c1-17-7-5-6-10-19(17)24-22-23-12-11-20(25-22)21(28)27-15-13-26(14-16-27)18-8-3-2-4-9-18/h2-12H,13-16H2,1H3,(H,23,24,25). The van der Waals surface area contributed by atoms with E-state index in [1.807, 2.05) is 54.3 Å². The number of para-hydroxylation sites is 2. The fraction of sp³-hybridized carbons (Fsp3) is 0.227. The molecule has 142 valence electrons. The van der Waals surface area contributed by atoms with Crippen LogP contribution in [0.3, 0.4) is 0 Å². The van der Waals surface area contributed by atoms with Gasteiger partial charge in [-0.1, -0.05) is 36.4 Å². The quantitative estimate of drug-likeness (QED) is 0.759. The van der Waals surface area contributed by atoms with E-state index in [4.69, 9.17) is 0 Å². The maximum absolute atomic E-state index is 12.9. The SMILES string of the molecule is Cc1ccccc1Nc1nccc(C(=O)N2CCN(c3ccccc3)CC2)n1. The number of aromatic nitrogens is 2. The number of carbonyl (C=O) groups is 1. The van der Waals surface area contributed by atoms with Crippen molar-refractivity contribution in [1.82, 2.24) is 14.9 Å². The van der Waals surface area contributed by atoms with E-state index < -0.39 is 0 Å². The molecule has 0 bridgehead atoms. The first-order valence-electron chi connectivity index (χ1n) is 9.46. The third-order valence-corrected chi connectivity index (χ3v) is 4.95. The molecule has 3 aromatic rings. The summed E-state index contributed by atoms with van der Waals surface area (Å²) < 4.78 is 0. The maximum Gasteiger partial charge on any atom is 0.272 e. The highest BCUT2D eigenvalue weighted by molar-refractivity contribution is 5.92. The molecule has 1 fully saturated rings. The van der Waals surface area contributed by atoms with E-state index >= 15 is 0 Å². The lowest BCUT2D eigenvalue weighted by Gasteiger charge is -2.36. The van der Waals surface area contributed by atoms with Crippen LogP contribution in [0, 0.1) is 6.92 Å². The highest BCUT2D eigenvalue weighted by Crippen LogP contribution is 2.19. The second kappa shape index (κ2) is 8.08. The predicted molar refractivity (Wildman–Crippen MR) is 111 cm³/mol. The van der Waals surface area contributed by atoms with Crippen LogP contribution in [0.2, 0.25) is 0 Å². The Hall–Kier alpha value is -3.41. The highest BCUT2D eigenvalue weighted by atomic mass is 16.2. The Balaban J connectivity index is 1.42. The fourth-order valence-electron chi connectivity index (χ4n) is 3.34. The predicted octanol–water partition coefficient (Wildman–Crippen LogP) is 3.49. The molecule has 2 aromatic carbocycles. The fourth-order valence-corrected chi connectivity index (χ4v) is 3.34. The molecule has 1 amide bonds. The van der Waals surface area contributed by atoms with Crippen LogP contribution >= 0.6 is 0 Å².